The van der Waals surface area contributed by atoms with E-state index in [0.29, 0.717) is 0 Å². The molecule has 20 heavy (non-hydrogen) atoms. The van der Waals surface area contributed by atoms with Crippen LogP contribution in [0.2, 0.25) is 0 Å². The van der Waals surface area contributed by atoms with Crippen molar-refractivity contribution in [3.63, 3.8) is 0 Å². The zero-order valence-electron chi connectivity index (χ0n) is 11.5. The van der Waals surface area contributed by atoms with Crippen LogP contribution in [0.3, 0.4) is 0 Å². The van der Waals surface area contributed by atoms with Crippen LogP contribution in [0.25, 0.3) is 0 Å². The number of rotatable bonds is 5. The summed E-state index contributed by atoms with van der Waals surface area (Å²) in [6.45, 7) is 2.20. The molecular formula is C16H17BrO3. The lowest BCUT2D eigenvalue weighted by Gasteiger charge is -2.14. The summed E-state index contributed by atoms with van der Waals surface area (Å²) < 4.78 is 11.7. The third-order valence-electron chi connectivity index (χ3n) is 2.96. The molecule has 2 aromatic carbocycles. The van der Waals surface area contributed by atoms with E-state index in [-0.39, 0.29) is 6.61 Å². The molecule has 0 aliphatic heterocycles. The first kappa shape index (κ1) is 14.9. The van der Waals surface area contributed by atoms with Crippen molar-refractivity contribution in [2.45, 2.75) is 13.0 Å². The van der Waals surface area contributed by atoms with E-state index in [1.165, 1.54) is 0 Å². The number of hydrogen-bond donors (Lipinski definition) is 1. The van der Waals surface area contributed by atoms with E-state index in [2.05, 4.69) is 15.9 Å². The highest BCUT2D eigenvalue weighted by molar-refractivity contribution is 9.10. The van der Waals surface area contributed by atoms with E-state index in [4.69, 9.17) is 9.47 Å². The Hall–Kier alpha value is -1.52. The Morgan fingerprint density at radius 2 is 2.00 bits per heavy atom. The van der Waals surface area contributed by atoms with Gasteiger partial charge in [0, 0.05) is 0 Å². The third-order valence-corrected chi connectivity index (χ3v) is 3.58. The molecule has 0 heterocycles. The maximum absolute atomic E-state index is 10.2. The first-order valence-electron chi connectivity index (χ1n) is 6.31. The molecule has 0 saturated carbocycles. The van der Waals surface area contributed by atoms with Crippen molar-refractivity contribution < 1.29 is 14.6 Å². The van der Waals surface area contributed by atoms with Gasteiger partial charge in [0.15, 0.2) is 0 Å². The Labute approximate surface area is 127 Å². The van der Waals surface area contributed by atoms with Gasteiger partial charge in [-0.05, 0) is 58.2 Å². The van der Waals surface area contributed by atoms with Gasteiger partial charge < -0.3 is 14.6 Å². The molecule has 0 spiro atoms. The normalized spacial score (nSPS) is 12.0. The maximum atomic E-state index is 10.2. The van der Waals surface area contributed by atoms with Gasteiger partial charge >= 0.3 is 0 Å². The highest BCUT2D eigenvalue weighted by Gasteiger charge is 2.10. The fraction of sp³-hybridized carbons (Fsp3) is 0.250. The molecule has 4 heteroatoms. The van der Waals surface area contributed by atoms with Gasteiger partial charge in [0.05, 0.1) is 11.6 Å². The van der Waals surface area contributed by atoms with E-state index in [9.17, 15) is 5.11 Å². The smallest absolute Gasteiger partial charge is 0.133 e. The molecule has 106 valence electrons. The Morgan fingerprint density at radius 1 is 1.20 bits per heavy atom. The van der Waals surface area contributed by atoms with Crippen LogP contribution in [0.5, 0.6) is 11.5 Å². The second kappa shape index (κ2) is 6.77. The highest BCUT2D eigenvalue weighted by atomic mass is 79.9. The largest absolute Gasteiger partial charge is 0.497 e. The third kappa shape index (κ3) is 3.74. The van der Waals surface area contributed by atoms with Gasteiger partial charge in [0.25, 0.3) is 0 Å². The monoisotopic (exact) mass is 336 g/mol. The number of halogens is 1. The number of aliphatic hydroxyl groups is 1. The zero-order valence-corrected chi connectivity index (χ0v) is 13.1. The van der Waals surface area contributed by atoms with Gasteiger partial charge in [0.2, 0.25) is 0 Å². The van der Waals surface area contributed by atoms with Crippen LogP contribution < -0.4 is 9.47 Å². The average molecular weight is 337 g/mol. The minimum Gasteiger partial charge on any atom is -0.497 e. The van der Waals surface area contributed by atoms with Crippen molar-refractivity contribution in [1.82, 2.24) is 0 Å². The molecule has 0 aliphatic rings. The van der Waals surface area contributed by atoms with Crippen LogP contribution in [0, 0.1) is 6.92 Å². The van der Waals surface area contributed by atoms with Crippen LogP contribution in [0.4, 0.5) is 0 Å². The molecule has 0 bridgehead atoms. The number of methoxy groups -OCH3 is 1. The van der Waals surface area contributed by atoms with Crippen LogP contribution in [-0.4, -0.2) is 18.8 Å². The minimum atomic E-state index is -0.696. The summed E-state index contributed by atoms with van der Waals surface area (Å²) in [4.78, 5) is 0. The number of benzene rings is 2. The quantitative estimate of drug-likeness (QED) is 0.900. The predicted molar refractivity (Wildman–Crippen MR) is 82.3 cm³/mol. The van der Waals surface area contributed by atoms with Crippen molar-refractivity contribution in [3.05, 3.63) is 58.1 Å². The Kier molecular flexibility index (Phi) is 5.04. The molecule has 0 radical (unpaired) electrons. The molecule has 0 aliphatic carbocycles. The second-order valence-electron chi connectivity index (χ2n) is 4.54. The van der Waals surface area contributed by atoms with Crippen molar-refractivity contribution in [2.75, 3.05) is 13.7 Å². The molecule has 0 saturated heterocycles. The lowest BCUT2D eigenvalue weighted by molar-refractivity contribution is 0.107. The molecule has 0 fully saturated rings. The van der Waals surface area contributed by atoms with Gasteiger partial charge in [-0.2, -0.15) is 0 Å². The number of ether oxygens (including phenoxy) is 2. The zero-order chi connectivity index (χ0) is 14.5. The fourth-order valence-electron chi connectivity index (χ4n) is 1.84. The predicted octanol–water partition coefficient (Wildman–Crippen LogP) is 3.88. The summed E-state index contributed by atoms with van der Waals surface area (Å²) >= 11 is 3.45. The number of aliphatic hydroxyl groups excluding tert-OH is 1. The van der Waals surface area contributed by atoms with Crippen LogP contribution in [-0.2, 0) is 0 Å². The highest BCUT2D eigenvalue weighted by Crippen LogP contribution is 2.27. The Morgan fingerprint density at radius 3 is 2.70 bits per heavy atom. The van der Waals surface area contributed by atoms with E-state index in [1.807, 2.05) is 43.3 Å². The van der Waals surface area contributed by atoms with E-state index in [1.54, 1.807) is 13.2 Å². The summed E-state index contributed by atoms with van der Waals surface area (Å²) in [5.41, 5.74) is 1.92. The average Bonchev–Trinajstić information content (AvgIpc) is 2.46. The van der Waals surface area contributed by atoms with Crippen LogP contribution in [0.1, 0.15) is 17.2 Å². The number of aryl methyl sites for hydroxylation is 1. The summed E-state index contributed by atoms with van der Waals surface area (Å²) in [6, 6.07) is 13.2. The van der Waals surface area contributed by atoms with Crippen LogP contribution in [0.15, 0.2) is 46.9 Å². The molecule has 2 rings (SSSR count). The molecule has 3 nitrogen and oxygen atoms in total. The standard InChI is InChI=1S/C16H17BrO3/c1-11-6-7-16(14(17)8-11)20-10-15(18)12-4-3-5-13(9-12)19-2/h3-9,15,18H,10H2,1-2H3. The fourth-order valence-corrected chi connectivity index (χ4v) is 2.44. The molecular weight excluding hydrogens is 320 g/mol. The Balaban J connectivity index is 2.02. The summed E-state index contributed by atoms with van der Waals surface area (Å²) in [7, 11) is 1.60. The molecule has 1 atom stereocenters. The Bertz CT molecular complexity index is 584. The van der Waals surface area contributed by atoms with Crippen molar-refractivity contribution >= 4 is 15.9 Å². The molecule has 0 aromatic heterocycles. The summed E-state index contributed by atoms with van der Waals surface area (Å²) in [5.74, 6) is 1.44. The SMILES string of the molecule is COc1cccc(C(O)COc2ccc(C)cc2Br)c1. The number of hydrogen-bond acceptors (Lipinski definition) is 3. The summed E-state index contributed by atoms with van der Waals surface area (Å²) in [6.07, 6.45) is -0.696. The summed E-state index contributed by atoms with van der Waals surface area (Å²) in [5, 5.41) is 10.2. The van der Waals surface area contributed by atoms with Gasteiger partial charge in [-0.25, -0.2) is 0 Å². The van der Waals surface area contributed by atoms with E-state index >= 15 is 0 Å². The molecule has 0 amide bonds. The van der Waals surface area contributed by atoms with Crippen molar-refractivity contribution in [1.29, 1.82) is 0 Å². The van der Waals surface area contributed by atoms with E-state index < -0.39 is 6.10 Å². The maximum Gasteiger partial charge on any atom is 0.133 e. The molecule has 1 unspecified atom stereocenters. The van der Waals surface area contributed by atoms with Gasteiger partial charge in [-0.1, -0.05) is 18.2 Å². The van der Waals surface area contributed by atoms with Crippen LogP contribution >= 0.6 is 15.9 Å². The minimum absolute atomic E-state index is 0.189. The first-order valence-corrected chi connectivity index (χ1v) is 7.10. The van der Waals surface area contributed by atoms with Gasteiger partial charge in [-0.3, -0.25) is 0 Å². The lowest BCUT2D eigenvalue weighted by atomic mass is 10.1. The van der Waals surface area contributed by atoms with Crippen molar-refractivity contribution in [3.8, 4) is 11.5 Å². The topological polar surface area (TPSA) is 38.7 Å². The van der Waals surface area contributed by atoms with Gasteiger partial charge in [0.1, 0.15) is 24.2 Å². The lowest BCUT2D eigenvalue weighted by Crippen LogP contribution is -2.10. The first-order chi connectivity index (χ1) is 9.60. The molecule has 2 aromatic rings. The second-order valence-corrected chi connectivity index (χ2v) is 5.39. The molecule has 1 N–H and O–H groups in total. The van der Waals surface area contributed by atoms with Gasteiger partial charge in [-0.15, -0.1) is 0 Å². The van der Waals surface area contributed by atoms with Crippen molar-refractivity contribution in [2.24, 2.45) is 0 Å². The van der Waals surface area contributed by atoms with E-state index in [0.717, 1.165) is 27.1 Å².